The van der Waals surface area contributed by atoms with Gasteiger partial charge in [0.1, 0.15) is 35.6 Å². The number of alkyl carbamates (subject to hydrolysis) is 1. The number of nitrogens with one attached hydrogen (secondary N) is 1. The van der Waals surface area contributed by atoms with Crippen LogP contribution in [-0.2, 0) is 19.1 Å². The molecule has 2 fully saturated rings. The Labute approximate surface area is 291 Å². The third-order valence-corrected chi connectivity index (χ3v) is 8.95. The molecule has 2 aromatic heterocycles. The van der Waals surface area contributed by atoms with Crippen molar-refractivity contribution in [2.24, 2.45) is 23.3 Å². The van der Waals surface area contributed by atoms with E-state index in [2.05, 4.69) is 16.4 Å². The SMILES string of the molecule is CC(C)n1c(OC2C[C@@H](C(N)=O)N(C(=O)[C@H](CCCCC/C=C\[C@@H]3C[C@@H]3C(N)=O)NC(=O)OC(C)(C)C)C2)nc2c(-c3ncco3)cccc21. The van der Waals surface area contributed by atoms with Crippen molar-refractivity contribution in [2.75, 3.05) is 6.54 Å². The van der Waals surface area contributed by atoms with E-state index < -0.39 is 41.7 Å². The van der Waals surface area contributed by atoms with Crippen LogP contribution in [0.3, 0.4) is 0 Å². The molecule has 3 aromatic rings. The average Bonchev–Trinajstić information content (AvgIpc) is 3.35. The predicted octanol–water partition coefficient (Wildman–Crippen LogP) is 4.63. The maximum atomic E-state index is 14.1. The third-order valence-electron chi connectivity index (χ3n) is 8.95. The smallest absolute Gasteiger partial charge is 0.408 e. The van der Waals surface area contributed by atoms with E-state index in [9.17, 15) is 19.2 Å². The summed E-state index contributed by atoms with van der Waals surface area (Å²) in [5, 5.41) is 2.74. The number of hydrogen-bond donors (Lipinski definition) is 3. The molecule has 1 aliphatic heterocycles. The normalized spacial score (nSPS) is 21.1. The first-order chi connectivity index (χ1) is 23.7. The van der Waals surface area contributed by atoms with Crippen molar-refractivity contribution in [2.45, 2.75) is 109 Å². The fourth-order valence-corrected chi connectivity index (χ4v) is 6.47. The standard InChI is InChI=1S/C36H49N7O7/c1-21(2)43-27-15-11-13-24(32-39-16-17-48-32)29(27)41-34(43)49-23-19-28(31(38)45)42(20-23)33(46)26(40-35(47)50-36(3,4)5)14-10-8-6-7-9-12-22-18-25(22)30(37)44/h9,11-13,15-17,21-23,25-26,28H,6-8,10,14,18-20H2,1-5H3,(H2,37,44)(H2,38,45)(H,40,47)/b12-9-/t22-,23?,25+,26+,28+/m1/s1. The Morgan fingerprint density at radius 1 is 1.10 bits per heavy atom. The largest absolute Gasteiger partial charge is 0.459 e. The van der Waals surface area contributed by atoms with Crippen LogP contribution in [-0.4, -0.2) is 73.6 Å². The summed E-state index contributed by atoms with van der Waals surface area (Å²) in [7, 11) is 0. The van der Waals surface area contributed by atoms with Crippen LogP contribution in [0, 0.1) is 11.8 Å². The van der Waals surface area contributed by atoms with Crippen LogP contribution in [0.15, 0.2) is 47.2 Å². The first kappa shape index (κ1) is 36.4. The highest BCUT2D eigenvalue weighted by Crippen LogP contribution is 2.39. The monoisotopic (exact) mass is 691 g/mol. The molecule has 1 saturated heterocycles. The van der Waals surface area contributed by atoms with Gasteiger partial charge in [-0.2, -0.15) is 4.98 Å². The van der Waals surface area contributed by atoms with Crippen LogP contribution in [0.1, 0.15) is 85.6 Å². The molecule has 1 unspecified atom stereocenters. The number of amides is 4. The van der Waals surface area contributed by atoms with E-state index in [1.165, 1.54) is 11.2 Å². The van der Waals surface area contributed by atoms with Gasteiger partial charge in [-0.05, 0) is 78.4 Å². The summed E-state index contributed by atoms with van der Waals surface area (Å²) in [6.45, 7) is 9.33. The van der Waals surface area contributed by atoms with Crippen LogP contribution in [0.5, 0.6) is 6.01 Å². The van der Waals surface area contributed by atoms with Gasteiger partial charge in [0, 0.05) is 18.4 Å². The molecule has 1 aliphatic carbocycles. The number of ether oxygens (including phenoxy) is 2. The lowest BCUT2D eigenvalue weighted by Crippen LogP contribution is -2.53. The van der Waals surface area contributed by atoms with Crippen molar-refractivity contribution in [3.05, 3.63) is 42.8 Å². The van der Waals surface area contributed by atoms with Gasteiger partial charge >= 0.3 is 6.09 Å². The molecule has 1 aromatic carbocycles. The van der Waals surface area contributed by atoms with Crippen molar-refractivity contribution in [1.82, 2.24) is 24.8 Å². The third kappa shape index (κ3) is 8.82. The molecule has 4 amide bonds. The van der Waals surface area contributed by atoms with Gasteiger partial charge in [-0.25, -0.2) is 9.78 Å². The summed E-state index contributed by atoms with van der Waals surface area (Å²) in [4.78, 5) is 61.4. The predicted molar refractivity (Wildman–Crippen MR) is 186 cm³/mol. The van der Waals surface area contributed by atoms with E-state index in [0.717, 1.165) is 31.2 Å². The Kier molecular flexibility index (Phi) is 11.2. The van der Waals surface area contributed by atoms with E-state index in [0.29, 0.717) is 35.8 Å². The van der Waals surface area contributed by atoms with Gasteiger partial charge in [-0.1, -0.05) is 31.1 Å². The van der Waals surface area contributed by atoms with Gasteiger partial charge in [0.05, 0.1) is 23.8 Å². The molecule has 0 spiro atoms. The molecule has 3 heterocycles. The highest BCUT2D eigenvalue weighted by Gasteiger charge is 2.43. The number of nitrogens with two attached hydrogens (primary N) is 2. The van der Waals surface area contributed by atoms with E-state index in [1.54, 1.807) is 27.0 Å². The number of benzene rings is 1. The Bertz CT molecular complexity index is 1710. The summed E-state index contributed by atoms with van der Waals surface area (Å²) >= 11 is 0. The minimum Gasteiger partial charge on any atom is -0.459 e. The molecule has 2 aliphatic rings. The number of carbonyl (C=O) groups excluding carboxylic acids is 4. The Morgan fingerprint density at radius 3 is 2.52 bits per heavy atom. The molecule has 5 rings (SSSR count). The number of likely N-dealkylation sites (tertiary alicyclic amines) is 1. The second-order valence-electron chi connectivity index (χ2n) is 14.4. The Morgan fingerprint density at radius 2 is 1.88 bits per heavy atom. The molecule has 5 N–H and O–H groups in total. The summed E-state index contributed by atoms with van der Waals surface area (Å²) in [6.07, 6.45) is 10.3. The van der Waals surface area contributed by atoms with Crippen LogP contribution < -0.4 is 21.5 Å². The summed E-state index contributed by atoms with van der Waals surface area (Å²) in [5.41, 5.74) is 12.6. The van der Waals surface area contributed by atoms with Gasteiger partial charge in [-0.15, -0.1) is 0 Å². The van der Waals surface area contributed by atoms with Gasteiger partial charge in [0.2, 0.25) is 23.6 Å². The Hall–Kier alpha value is -4.88. The second kappa shape index (κ2) is 15.3. The summed E-state index contributed by atoms with van der Waals surface area (Å²) in [6, 6.07) is 4.14. The van der Waals surface area contributed by atoms with Gasteiger partial charge in [0.25, 0.3) is 6.01 Å². The van der Waals surface area contributed by atoms with Crippen molar-refractivity contribution >= 4 is 34.8 Å². The number of imidazole rings is 1. The zero-order valence-corrected chi connectivity index (χ0v) is 29.5. The minimum absolute atomic E-state index is 0.0282. The second-order valence-corrected chi connectivity index (χ2v) is 14.4. The highest BCUT2D eigenvalue weighted by atomic mass is 16.6. The molecule has 14 nitrogen and oxygen atoms in total. The zero-order valence-electron chi connectivity index (χ0n) is 29.5. The van der Waals surface area contributed by atoms with Crippen LogP contribution >= 0.6 is 0 Å². The number of rotatable bonds is 15. The van der Waals surface area contributed by atoms with Crippen molar-refractivity contribution in [1.29, 1.82) is 0 Å². The van der Waals surface area contributed by atoms with Crippen molar-refractivity contribution in [3.8, 4) is 17.5 Å². The lowest BCUT2D eigenvalue weighted by Gasteiger charge is -2.28. The van der Waals surface area contributed by atoms with Crippen molar-refractivity contribution < 1.29 is 33.1 Å². The number of nitrogens with zero attached hydrogens (tertiary/aromatic N) is 4. The van der Waals surface area contributed by atoms with Gasteiger partial charge < -0.3 is 35.6 Å². The molecule has 1 saturated carbocycles. The minimum atomic E-state index is -0.938. The molecule has 14 heteroatoms. The number of primary amides is 2. The number of unbranched alkanes of at least 4 members (excludes halogenated alkanes) is 3. The number of para-hydroxylation sites is 1. The molecule has 5 atom stereocenters. The van der Waals surface area contributed by atoms with Crippen LogP contribution in [0.4, 0.5) is 4.79 Å². The highest BCUT2D eigenvalue weighted by molar-refractivity contribution is 5.92. The maximum Gasteiger partial charge on any atom is 0.408 e. The molecule has 0 bridgehead atoms. The topological polar surface area (TPSA) is 198 Å². The average molecular weight is 692 g/mol. The lowest BCUT2D eigenvalue weighted by atomic mass is 10.0. The number of fused-ring (bicyclic) bond motifs is 1. The number of hydrogen-bond acceptors (Lipinski definition) is 9. The molecule has 0 radical (unpaired) electrons. The van der Waals surface area contributed by atoms with Gasteiger partial charge in [0.15, 0.2) is 0 Å². The first-order valence-electron chi connectivity index (χ1n) is 17.4. The van der Waals surface area contributed by atoms with Crippen LogP contribution in [0.25, 0.3) is 22.5 Å². The summed E-state index contributed by atoms with van der Waals surface area (Å²) in [5.74, 6) is -0.731. The lowest BCUT2D eigenvalue weighted by molar-refractivity contribution is -0.139. The summed E-state index contributed by atoms with van der Waals surface area (Å²) < 4.78 is 19.4. The quantitative estimate of drug-likeness (QED) is 0.150. The number of oxazole rings is 1. The molecule has 270 valence electrons. The van der Waals surface area contributed by atoms with Gasteiger partial charge in [-0.3, -0.25) is 19.0 Å². The zero-order chi connectivity index (χ0) is 36.2. The Balaban J connectivity index is 1.28. The molecule has 50 heavy (non-hydrogen) atoms. The fourth-order valence-electron chi connectivity index (χ4n) is 6.47. The number of allylic oxidation sites excluding steroid dienone is 2. The van der Waals surface area contributed by atoms with E-state index in [4.69, 9.17) is 30.3 Å². The molecular formula is C36H49N7O7. The van der Waals surface area contributed by atoms with Crippen LogP contribution in [0.2, 0.25) is 0 Å². The molecular weight excluding hydrogens is 642 g/mol. The fraction of sp³-hybridized carbons (Fsp3) is 0.556. The number of aromatic nitrogens is 3. The number of carbonyl (C=O) groups is 4. The van der Waals surface area contributed by atoms with Crippen molar-refractivity contribution in [3.63, 3.8) is 0 Å². The maximum absolute atomic E-state index is 14.1. The van der Waals surface area contributed by atoms with E-state index in [-0.39, 0.29) is 36.8 Å². The van der Waals surface area contributed by atoms with E-state index in [1.807, 2.05) is 42.7 Å². The van der Waals surface area contributed by atoms with E-state index >= 15 is 0 Å². The first-order valence-corrected chi connectivity index (χ1v) is 17.4.